The molecule has 106 valence electrons. The van der Waals surface area contributed by atoms with Gasteiger partial charge in [0.15, 0.2) is 0 Å². The predicted octanol–water partition coefficient (Wildman–Crippen LogP) is 2.33. The van der Waals surface area contributed by atoms with E-state index in [0.717, 1.165) is 44.7 Å². The molecule has 0 spiro atoms. The summed E-state index contributed by atoms with van der Waals surface area (Å²) in [6, 6.07) is 8.21. The van der Waals surface area contributed by atoms with Gasteiger partial charge in [0.25, 0.3) is 0 Å². The summed E-state index contributed by atoms with van der Waals surface area (Å²) >= 11 is 0. The molecule has 3 nitrogen and oxygen atoms in total. The van der Waals surface area contributed by atoms with Crippen molar-refractivity contribution in [1.82, 2.24) is 4.90 Å². The van der Waals surface area contributed by atoms with E-state index in [-0.39, 0.29) is 6.10 Å². The molecule has 1 saturated heterocycles. The van der Waals surface area contributed by atoms with Gasteiger partial charge in [0.1, 0.15) is 5.75 Å². The summed E-state index contributed by atoms with van der Waals surface area (Å²) in [5.74, 6) is 1.29. The van der Waals surface area contributed by atoms with Crippen LogP contribution >= 0.6 is 0 Å². The molecule has 1 fully saturated rings. The molecule has 1 N–H and O–H groups in total. The van der Waals surface area contributed by atoms with E-state index in [1.165, 1.54) is 5.56 Å². The number of hydrogen-bond acceptors (Lipinski definition) is 3. The van der Waals surface area contributed by atoms with Gasteiger partial charge in [0.2, 0.25) is 0 Å². The predicted molar refractivity (Wildman–Crippen MR) is 77.5 cm³/mol. The molecule has 1 aliphatic rings. The van der Waals surface area contributed by atoms with E-state index in [1.807, 2.05) is 18.2 Å². The molecule has 3 heteroatoms. The van der Waals surface area contributed by atoms with Gasteiger partial charge in [-0.15, -0.1) is 0 Å². The third-order valence-electron chi connectivity index (χ3n) is 3.81. The van der Waals surface area contributed by atoms with Crippen LogP contribution in [0.4, 0.5) is 0 Å². The second-order valence-corrected chi connectivity index (χ2v) is 5.54. The third kappa shape index (κ3) is 3.95. The maximum absolute atomic E-state index is 10.1. The van der Waals surface area contributed by atoms with E-state index < -0.39 is 0 Å². The maximum Gasteiger partial charge on any atom is 0.122 e. The van der Waals surface area contributed by atoms with Gasteiger partial charge >= 0.3 is 0 Å². The first kappa shape index (κ1) is 14.4. The number of hydrogen-bond donors (Lipinski definition) is 1. The second kappa shape index (κ2) is 6.92. The second-order valence-electron chi connectivity index (χ2n) is 5.54. The highest BCUT2D eigenvalue weighted by atomic mass is 16.5. The van der Waals surface area contributed by atoms with E-state index in [0.29, 0.717) is 5.92 Å². The van der Waals surface area contributed by atoms with Gasteiger partial charge in [-0.05, 0) is 37.9 Å². The van der Waals surface area contributed by atoms with Crippen LogP contribution in [0.15, 0.2) is 24.3 Å². The average Bonchev–Trinajstić information content (AvgIpc) is 2.42. The van der Waals surface area contributed by atoms with E-state index in [9.17, 15) is 5.11 Å². The zero-order valence-corrected chi connectivity index (χ0v) is 12.0. The monoisotopic (exact) mass is 263 g/mol. The SMILES string of the molecule is CCCOc1ccccc1CC1CN(C)CCC1O. The quantitative estimate of drug-likeness (QED) is 0.885. The Balaban J connectivity index is 2.04. The van der Waals surface area contributed by atoms with E-state index in [4.69, 9.17) is 4.74 Å². The minimum Gasteiger partial charge on any atom is -0.493 e. The Morgan fingerprint density at radius 1 is 1.37 bits per heavy atom. The zero-order valence-electron chi connectivity index (χ0n) is 12.0. The van der Waals surface area contributed by atoms with Crippen LogP contribution in [0.25, 0.3) is 0 Å². The number of aliphatic hydroxyl groups excluding tert-OH is 1. The summed E-state index contributed by atoms with van der Waals surface area (Å²) in [6.45, 7) is 4.82. The topological polar surface area (TPSA) is 32.7 Å². The van der Waals surface area contributed by atoms with Crippen molar-refractivity contribution in [1.29, 1.82) is 0 Å². The summed E-state index contributed by atoms with van der Waals surface area (Å²) < 4.78 is 5.79. The highest BCUT2D eigenvalue weighted by molar-refractivity contribution is 5.33. The molecule has 0 bridgehead atoms. The normalized spacial score (nSPS) is 24.4. The highest BCUT2D eigenvalue weighted by Gasteiger charge is 2.26. The fraction of sp³-hybridized carbons (Fsp3) is 0.625. The minimum absolute atomic E-state index is 0.185. The van der Waals surface area contributed by atoms with Gasteiger partial charge in [0, 0.05) is 19.0 Å². The fourth-order valence-electron chi connectivity index (χ4n) is 2.71. The standard InChI is InChI=1S/C16H25NO2/c1-3-10-19-16-7-5-4-6-13(16)11-14-12-17(2)9-8-15(14)18/h4-7,14-15,18H,3,8-12H2,1-2H3. The van der Waals surface area contributed by atoms with Crippen LogP contribution < -0.4 is 4.74 Å². The van der Waals surface area contributed by atoms with Gasteiger partial charge in [0.05, 0.1) is 12.7 Å². The number of piperidine rings is 1. The molecular formula is C16H25NO2. The number of para-hydroxylation sites is 1. The van der Waals surface area contributed by atoms with Gasteiger partial charge in [-0.2, -0.15) is 0 Å². The molecule has 0 aliphatic carbocycles. The van der Waals surface area contributed by atoms with Crippen LogP contribution in [0, 0.1) is 5.92 Å². The summed E-state index contributed by atoms with van der Waals surface area (Å²) in [5.41, 5.74) is 1.22. The molecule has 2 unspecified atom stereocenters. The summed E-state index contributed by atoms with van der Waals surface area (Å²) in [5, 5.41) is 10.1. The lowest BCUT2D eigenvalue weighted by Crippen LogP contribution is -2.42. The van der Waals surface area contributed by atoms with Gasteiger partial charge in [-0.3, -0.25) is 0 Å². The number of benzene rings is 1. The molecular weight excluding hydrogens is 238 g/mol. The van der Waals surface area contributed by atoms with Gasteiger partial charge in [-0.25, -0.2) is 0 Å². The van der Waals surface area contributed by atoms with Gasteiger partial charge < -0.3 is 14.7 Å². The molecule has 19 heavy (non-hydrogen) atoms. The molecule has 2 atom stereocenters. The van der Waals surface area contributed by atoms with E-state index >= 15 is 0 Å². The first-order valence-electron chi connectivity index (χ1n) is 7.28. The number of aliphatic hydroxyl groups is 1. The lowest BCUT2D eigenvalue weighted by atomic mass is 9.88. The Kier molecular flexibility index (Phi) is 5.23. The Morgan fingerprint density at radius 2 is 2.16 bits per heavy atom. The van der Waals surface area contributed by atoms with Crippen LogP contribution in [-0.2, 0) is 6.42 Å². The maximum atomic E-state index is 10.1. The molecule has 0 radical (unpaired) electrons. The Morgan fingerprint density at radius 3 is 2.95 bits per heavy atom. The Labute approximate surface area is 116 Å². The molecule has 2 rings (SSSR count). The Bertz CT molecular complexity index is 394. The summed E-state index contributed by atoms with van der Waals surface area (Å²) in [6.07, 6.45) is 2.60. The van der Waals surface area contributed by atoms with Crippen molar-refractivity contribution in [3.05, 3.63) is 29.8 Å². The Hall–Kier alpha value is -1.06. The molecule has 1 heterocycles. The molecule has 0 saturated carbocycles. The molecule has 1 aliphatic heterocycles. The third-order valence-corrected chi connectivity index (χ3v) is 3.81. The smallest absolute Gasteiger partial charge is 0.122 e. The number of likely N-dealkylation sites (tertiary alicyclic amines) is 1. The first-order chi connectivity index (χ1) is 9.20. The first-order valence-corrected chi connectivity index (χ1v) is 7.28. The molecule has 1 aromatic rings. The molecule has 0 aromatic heterocycles. The molecule has 0 amide bonds. The van der Waals surface area contributed by atoms with Crippen LogP contribution in [0.2, 0.25) is 0 Å². The van der Waals surface area contributed by atoms with Crippen molar-refractivity contribution in [2.75, 3.05) is 26.7 Å². The van der Waals surface area contributed by atoms with E-state index in [1.54, 1.807) is 0 Å². The van der Waals surface area contributed by atoms with Gasteiger partial charge in [-0.1, -0.05) is 25.1 Å². The lowest BCUT2D eigenvalue weighted by Gasteiger charge is -2.34. The van der Waals surface area contributed by atoms with Crippen LogP contribution in [-0.4, -0.2) is 42.9 Å². The fourth-order valence-corrected chi connectivity index (χ4v) is 2.71. The van der Waals surface area contributed by atoms with Crippen LogP contribution in [0.1, 0.15) is 25.3 Å². The zero-order chi connectivity index (χ0) is 13.7. The minimum atomic E-state index is -0.185. The van der Waals surface area contributed by atoms with E-state index in [2.05, 4.69) is 24.9 Å². The number of nitrogens with zero attached hydrogens (tertiary/aromatic N) is 1. The number of ether oxygens (including phenoxy) is 1. The summed E-state index contributed by atoms with van der Waals surface area (Å²) in [4.78, 5) is 2.30. The largest absolute Gasteiger partial charge is 0.493 e. The van der Waals surface area contributed by atoms with Crippen LogP contribution in [0.5, 0.6) is 5.75 Å². The lowest BCUT2D eigenvalue weighted by molar-refractivity contribution is 0.0363. The summed E-state index contributed by atoms with van der Waals surface area (Å²) in [7, 11) is 2.12. The number of rotatable bonds is 5. The average molecular weight is 263 g/mol. The van der Waals surface area contributed by atoms with Crippen molar-refractivity contribution in [3.63, 3.8) is 0 Å². The van der Waals surface area contributed by atoms with Crippen molar-refractivity contribution in [2.24, 2.45) is 5.92 Å². The van der Waals surface area contributed by atoms with Crippen molar-refractivity contribution >= 4 is 0 Å². The highest BCUT2D eigenvalue weighted by Crippen LogP contribution is 2.26. The molecule has 1 aromatic carbocycles. The van der Waals surface area contributed by atoms with Crippen LogP contribution in [0.3, 0.4) is 0 Å². The van der Waals surface area contributed by atoms with Crippen molar-refractivity contribution in [2.45, 2.75) is 32.3 Å². The van der Waals surface area contributed by atoms with Crippen molar-refractivity contribution < 1.29 is 9.84 Å². The van der Waals surface area contributed by atoms with Crippen molar-refractivity contribution in [3.8, 4) is 5.75 Å².